The molecule has 0 fully saturated rings. The zero-order valence-corrected chi connectivity index (χ0v) is 12.8. The Morgan fingerprint density at radius 1 is 1.17 bits per heavy atom. The van der Waals surface area contributed by atoms with Gasteiger partial charge in [0.15, 0.2) is 5.82 Å². The molecule has 0 radical (unpaired) electrons. The molecule has 2 aromatic heterocycles. The van der Waals surface area contributed by atoms with Crippen molar-refractivity contribution in [1.82, 2.24) is 14.8 Å². The van der Waals surface area contributed by atoms with Crippen LogP contribution in [0.1, 0.15) is 21.6 Å². The van der Waals surface area contributed by atoms with E-state index in [4.69, 9.17) is 0 Å². The van der Waals surface area contributed by atoms with E-state index in [9.17, 15) is 9.90 Å². The number of nitrogens with zero attached hydrogens (tertiary/aromatic N) is 3. The molecule has 0 unspecified atom stereocenters. The highest BCUT2D eigenvalue weighted by Crippen LogP contribution is 2.24. The van der Waals surface area contributed by atoms with E-state index in [-0.39, 0.29) is 5.56 Å². The maximum Gasteiger partial charge on any atom is 0.337 e. The second kappa shape index (κ2) is 5.92. The number of anilines is 2. The molecule has 0 aliphatic heterocycles. The third-order valence-corrected chi connectivity index (χ3v) is 3.37. The third kappa shape index (κ3) is 3.06. The minimum absolute atomic E-state index is 0.219. The number of aromatic carboxylic acids is 1. The van der Waals surface area contributed by atoms with Crippen molar-refractivity contribution in [2.75, 3.05) is 5.32 Å². The summed E-state index contributed by atoms with van der Waals surface area (Å²) in [5, 5.41) is 16.9. The lowest BCUT2D eigenvalue weighted by Gasteiger charge is -2.12. The molecule has 3 rings (SSSR count). The highest BCUT2D eigenvalue weighted by Gasteiger charge is 2.14. The van der Waals surface area contributed by atoms with E-state index < -0.39 is 5.97 Å². The quantitative estimate of drug-likeness (QED) is 0.773. The van der Waals surface area contributed by atoms with E-state index >= 15 is 0 Å². The summed E-state index contributed by atoms with van der Waals surface area (Å²) in [5.74, 6) is 0.344. The predicted molar refractivity (Wildman–Crippen MR) is 87.5 cm³/mol. The summed E-state index contributed by atoms with van der Waals surface area (Å²) in [4.78, 5) is 15.7. The van der Waals surface area contributed by atoms with Gasteiger partial charge >= 0.3 is 5.97 Å². The SMILES string of the molecule is Cc1ccc(Nc2cc(C)nn2-c2ccccn2)c(C(=O)O)c1. The number of carbonyl (C=O) groups is 1. The molecule has 6 nitrogen and oxygen atoms in total. The van der Waals surface area contributed by atoms with Gasteiger partial charge in [-0.1, -0.05) is 17.7 Å². The van der Waals surface area contributed by atoms with Crippen LogP contribution in [0, 0.1) is 13.8 Å². The first kappa shape index (κ1) is 14.8. The first-order chi connectivity index (χ1) is 11.0. The van der Waals surface area contributed by atoms with E-state index in [1.165, 1.54) is 0 Å². The minimum Gasteiger partial charge on any atom is -0.478 e. The van der Waals surface area contributed by atoms with Crippen LogP contribution < -0.4 is 5.32 Å². The molecule has 0 amide bonds. The Kier molecular flexibility index (Phi) is 3.80. The molecule has 0 spiro atoms. The summed E-state index contributed by atoms with van der Waals surface area (Å²) in [5.41, 5.74) is 2.43. The van der Waals surface area contributed by atoms with Crippen molar-refractivity contribution in [1.29, 1.82) is 0 Å². The molecule has 1 aromatic carbocycles. The van der Waals surface area contributed by atoms with Gasteiger partial charge in [0.05, 0.1) is 16.9 Å². The average molecular weight is 308 g/mol. The second-order valence-electron chi connectivity index (χ2n) is 5.25. The van der Waals surface area contributed by atoms with Gasteiger partial charge in [-0.25, -0.2) is 9.78 Å². The molecule has 0 atom stereocenters. The zero-order chi connectivity index (χ0) is 16.4. The number of carboxylic acids is 1. The summed E-state index contributed by atoms with van der Waals surface area (Å²) < 4.78 is 1.65. The number of rotatable bonds is 4. The van der Waals surface area contributed by atoms with Gasteiger partial charge in [0.2, 0.25) is 0 Å². The van der Waals surface area contributed by atoms with E-state index in [0.717, 1.165) is 11.3 Å². The van der Waals surface area contributed by atoms with Crippen LogP contribution in [0.4, 0.5) is 11.5 Å². The summed E-state index contributed by atoms with van der Waals surface area (Å²) >= 11 is 0. The second-order valence-corrected chi connectivity index (χ2v) is 5.25. The Hall–Kier alpha value is -3.15. The first-order valence-electron chi connectivity index (χ1n) is 7.13. The van der Waals surface area contributed by atoms with Crippen LogP contribution in [0.3, 0.4) is 0 Å². The van der Waals surface area contributed by atoms with Crippen LogP contribution in [0.15, 0.2) is 48.7 Å². The van der Waals surface area contributed by atoms with Gasteiger partial charge in [0.25, 0.3) is 0 Å². The molecular weight excluding hydrogens is 292 g/mol. The smallest absolute Gasteiger partial charge is 0.337 e. The van der Waals surface area contributed by atoms with Crippen molar-refractivity contribution in [2.45, 2.75) is 13.8 Å². The van der Waals surface area contributed by atoms with Gasteiger partial charge < -0.3 is 10.4 Å². The maximum absolute atomic E-state index is 11.4. The molecule has 2 heterocycles. The molecule has 6 heteroatoms. The van der Waals surface area contributed by atoms with E-state index in [2.05, 4.69) is 15.4 Å². The maximum atomic E-state index is 11.4. The third-order valence-electron chi connectivity index (χ3n) is 3.37. The Bertz CT molecular complexity index is 856. The average Bonchev–Trinajstić information content (AvgIpc) is 2.90. The molecule has 0 saturated heterocycles. The van der Waals surface area contributed by atoms with Crippen molar-refractivity contribution in [3.63, 3.8) is 0 Å². The van der Waals surface area contributed by atoms with Gasteiger partial charge in [-0.05, 0) is 38.1 Å². The Labute approximate surface area is 133 Å². The standard InChI is InChI=1S/C17H16N4O2/c1-11-6-7-14(13(9-11)17(22)23)19-16-10-12(2)20-21(16)15-5-3-4-8-18-15/h3-10,19H,1-2H3,(H,22,23). The molecule has 0 bridgehead atoms. The molecule has 23 heavy (non-hydrogen) atoms. The van der Waals surface area contributed by atoms with Gasteiger partial charge in [0, 0.05) is 12.3 Å². The topological polar surface area (TPSA) is 80.0 Å². The van der Waals surface area contributed by atoms with Gasteiger partial charge in [0.1, 0.15) is 5.82 Å². The number of carboxylic acid groups (broad SMARTS) is 1. The van der Waals surface area contributed by atoms with Crippen LogP contribution in [-0.2, 0) is 0 Å². The summed E-state index contributed by atoms with van der Waals surface area (Å²) in [6, 6.07) is 12.6. The van der Waals surface area contributed by atoms with Crippen LogP contribution in [-0.4, -0.2) is 25.8 Å². The van der Waals surface area contributed by atoms with E-state index in [0.29, 0.717) is 17.3 Å². The summed E-state index contributed by atoms with van der Waals surface area (Å²) in [6.07, 6.45) is 1.69. The zero-order valence-electron chi connectivity index (χ0n) is 12.8. The van der Waals surface area contributed by atoms with E-state index in [1.807, 2.05) is 44.2 Å². The molecule has 116 valence electrons. The van der Waals surface area contributed by atoms with Gasteiger partial charge in [-0.3, -0.25) is 0 Å². The number of nitrogens with one attached hydrogen (secondary N) is 1. The lowest BCUT2D eigenvalue weighted by molar-refractivity contribution is 0.0698. The van der Waals surface area contributed by atoms with Crippen molar-refractivity contribution < 1.29 is 9.90 Å². The van der Waals surface area contributed by atoms with E-state index in [1.54, 1.807) is 23.0 Å². The largest absolute Gasteiger partial charge is 0.478 e. The summed E-state index contributed by atoms with van der Waals surface area (Å²) in [6.45, 7) is 3.73. The van der Waals surface area contributed by atoms with Crippen molar-refractivity contribution in [3.8, 4) is 5.82 Å². The van der Waals surface area contributed by atoms with Crippen LogP contribution in [0.2, 0.25) is 0 Å². The van der Waals surface area contributed by atoms with Gasteiger partial charge in [-0.2, -0.15) is 9.78 Å². The fraction of sp³-hybridized carbons (Fsp3) is 0.118. The van der Waals surface area contributed by atoms with Crippen LogP contribution >= 0.6 is 0 Å². The number of aryl methyl sites for hydroxylation is 2. The normalized spacial score (nSPS) is 10.5. The summed E-state index contributed by atoms with van der Waals surface area (Å²) in [7, 11) is 0. The highest BCUT2D eigenvalue weighted by molar-refractivity contribution is 5.95. The Morgan fingerprint density at radius 3 is 2.70 bits per heavy atom. The number of pyridine rings is 1. The van der Waals surface area contributed by atoms with Crippen LogP contribution in [0.5, 0.6) is 0 Å². The lowest BCUT2D eigenvalue weighted by Crippen LogP contribution is -2.07. The molecular formula is C17H16N4O2. The van der Waals surface area contributed by atoms with Crippen molar-refractivity contribution >= 4 is 17.5 Å². The first-order valence-corrected chi connectivity index (χ1v) is 7.13. The Balaban J connectivity index is 2.04. The molecule has 3 aromatic rings. The van der Waals surface area contributed by atoms with Gasteiger partial charge in [-0.15, -0.1) is 0 Å². The number of benzene rings is 1. The van der Waals surface area contributed by atoms with Crippen molar-refractivity contribution in [3.05, 3.63) is 65.5 Å². The Morgan fingerprint density at radius 2 is 2.00 bits per heavy atom. The number of hydrogen-bond donors (Lipinski definition) is 2. The fourth-order valence-electron chi connectivity index (χ4n) is 2.32. The molecule has 2 N–H and O–H groups in total. The number of aromatic nitrogens is 3. The molecule has 0 saturated carbocycles. The fourth-order valence-corrected chi connectivity index (χ4v) is 2.32. The lowest BCUT2D eigenvalue weighted by atomic mass is 10.1. The van der Waals surface area contributed by atoms with Crippen molar-refractivity contribution in [2.24, 2.45) is 0 Å². The molecule has 0 aliphatic carbocycles. The highest BCUT2D eigenvalue weighted by atomic mass is 16.4. The monoisotopic (exact) mass is 308 g/mol. The predicted octanol–water partition coefficient (Wildman–Crippen LogP) is 3.33. The molecule has 0 aliphatic rings. The number of hydrogen-bond acceptors (Lipinski definition) is 4. The minimum atomic E-state index is -0.975. The van der Waals surface area contributed by atoms with Crippen LogP contribution in [0.25, 0.3) is 5.82 Å².